The highest BCUT2D eigenvalue weighted by atomic mass is 19.1. The second kappa shape index (κ2) is 7.36. The minimum absolute atomic E-state index is 0.172. The minimum atomic E-state index is -0.203. The first-order valence-corrected chi connectivity index (χ1v) is 5.84. The zero-order valence-corrected chi connectivity index (χ0v) is 9.82. The van der Waals surface area contributed by atoms with Crippen LogP contribution in [0, 0.1) is 5.82 Å². The lowest BCUT2D eigenvalue weighted by Gasteiger charge is -2.21. The zero-order valence-electron chi connectivity index (χ0n) is 9.82. The number of aliphatic hydroxyl groups is 1. The number of hydrogen-bond donors (Lipinski definition) is 1. The summed E-state index contributed by atoms with van der Waals surface area (Å²) in [7, 11) is 0. The molecule has 0 aliphatic carbocycles. The summed E-state index contributed by atoms with van der Waals surface area (Å²) >= 11 is 0. The Morgan fingerprint density at radius 3 is 2.44 bits per heavy atom. The fraction of sp³-hybridized carbons (Fsp3) is 0.538. The molecule has 0 saturated heterocycles. The Morgan fingerprint density at radius 2 is 1.88 bits per heavy atom. The van der Waals surface area contributed by atoms with E-state index in [1.165, 1.54) is 12.1 Å². The largest absolute Gasteiger partial charge is 0.395 e. The predicted octanol–water partition coefficient (Wildman–Crippen LogP) is 2.42. The number of halogens is 1. The molecule has 3 heteroatoms. The normalized spacial score (nSPS) is 11.0. The van der Waals surface area contributed by atoms with Gasteiger partial charge >= 0.3 is 0 Å². The second-order valence-electron chi connectivity index (χ2n) is 3.98. The molecule has 0 spiro atoms. The van der Waals surface area contributed by atoms with Gasteiger partial charge in [-0.2, -0.15) is 0 Å². The summed E-state index contributed by atoms with van der Waals surface area (Å²) in [6.07, 6.45) is 2.27. The highest BCUT2D eigenvalue weighted by Crippen LogP contribution is 2.07. The van der Waals surface area contributed by atoms with E-state index in [4.69, 9.17) is 5.11 Å². The van der Waals surface area contributed by atoms with E-state index in [0.717, 1.165) is 31.5 Å². The van der Waals surface area contributed by atoms with Gasteiger partial charge in [-0.25, -0.2) is 4.39 Å². The number of nitrogens with zero attached hydrogens (tertiary/aromatic N) is 1. The van der Waals surface area contributed by atoms with Crippen LogP contribution >= 0.6 is 0 Å². The van der Waals surface area contributed by atoms with Gasteiger partial charge in [0, 0.05) is 13.1 Å². The lowest BCUT2D eigenvalue weighted by atomic mass is 10.2. The van der Waals surface area contributed by atoms with Crippen molar-refractivity contribution in [1.29, 1.82) is 0 Å². The number of hydrogen-bond acceptors (Lipinski definition) is 2. The quantitative estimate of drug-likeness (QED) is 0.770. The van der Waals surface area contributed by atoms with Crippen LogP contribution in [-0.4, -0.2) is 29.7 Å². The van der Waals surface area contributed by atoms with Crippen molar-refractivity contribution in [3.05, 3.63) is 35.6 Å². The van der Waals surface area contributed by atoms with Gasteiger partial charge in [-0.1, -0.05) is 25.5 Å². The summed E-state index contributed by atoms with van der Waals surface area (Å²) in [5, 5.41) is 8.96. The third-order valence-corrected chi connectivity index (χ3v) is 2.56. The van der Waals surface area contributed by atoms with Gasteiger partial charge in [0.15, 0.2) is 0 Å². The Labute approximate surface area is 96.7 Å². The molecule has 0 unspecified atom stereocenters. The van der Waals surface area contributed by atoms with Crippen LogP contribution in [0.4, 0.5) is 4.39 Å². The summed E-state index contributed by atoms with van der Waals surface area (Å²) < 4.78 is 12.7. The van der Waals surface area contributed by atoms with E-state index in [0.29, 0.717) is 6.54 Å². The molecule has 0 fully saturated rings. The Bertz CT molecular complexity index is 286. The SMILES string of the molecule is CCCCN(CCO)Cc1ccc(F)cc1. The Hall–Kier alpha value is -0.930. The molecule has 0 bridgehead atoms. The zero-order chi connectivity index (χ0) is 11.8. The molecule has 90 valence electrons. The van der Waals surface area contributed by atoms with Gasteiger partial charge in [0.2, 0.25) is 0 Å². The topological polar surface area (TPSA) is 23.5 Å². The molecule has 1 N–H and O–H groups in total. The molecule has 0 amide bonds. The van der Waals surface area contributed by atoms with E-state index in [2.05, 4.69) is 11.8 Å². The van der Waals surface area contributed by atoms with E-state index in [-0.39, 0.29) is 12.4 Å². The molecule has 1 aromatic carbocycles. The maximum Gasteiger partial charge on any atom is 0.123 e. The fourth-order valence-corrected chi connectivity index (χ4v) is 1.64. The van der Waals surface area contributed by atoms with Crippen molar-refractivity contribution in [3.63, 3.8) is 0 Å². The van der Waals surface area contributed by atoms with Gasteiger partial charge in [0.1, 0.15) is 5.82 Å². The van der Waals surface area contributed by atoms with Gasteiger partial charge in [-0.15, -0.1) is 0 Å². The van der Waals surface area contributed by atoms with Crippen molar-refractivity contribution >= 4 is 0 Å². The average molecular weight is 225 g/mol. The van der Waals surface area contributed by atoms with E-state index in [1.807, 2.05) is 0 Å². The van der Waals surface area contributed by atoms with Crippen molar-refractivity contribution < 1.29 is 9.50 Å². The molecule has 0 heterocycles. The molecule has 0 aromatic heterocycles. The third-order valence-electron chi connectivity index (χ3n) is 2.56. The Balaban J connectivity index is 2.49. The van der Waals surface area contributed by atoms with Crippen LogP contribution in [0.3, 0.4) is 0 Å². The predicted molar refractivity (Wildman–Crippen MR) is 63.7 cm³/mol. The highest BCUT2D eigenvalue weighted by molar-refractivity contribution is 5.15. The maximum atomic E-state index is 12.7. The summed E-state index contributed by atoms with van der Waals surface area (Å²) in [5.41, 5.74) is 1.09. The van der Waals surface area contributed by atoms with E-state index < -0.39 is 0 Å². The van der Waals surface area contributed by atoms with Crippen molar-refractivity contribution in [3.8, 4) is 0 Å². The first-order valence-electron chi connectivity index (χ1n) is 5.84. The monoisotopic (exact) mass is 225 g/mol. The number of benzene rings is 1. The molecular weight excluding hydrogens is 205 g/mol. The van der Waals surface area contributed by atoms with Gasteiger partial charge < -0.3 is 5.11 Å². The maximum absolute atomic E-state index is 12.7. The standard InChI is InChI=1S/C13H20FNO/c1-2-3-8-15(9-10-16)11-12-4-6-13(14)7-5-12/h4-7,16H,2-3,8-11H2,1H3. The first-order chi connectivity index (χ1) is 7.76. The molecule has 0 saturated carbocycles. The van der Waals surface area contributed by atoms with E-state index >= 15 is 0 Å². The molecular formula is C13H20FNO. The summed E-state index contributed by atoms with van der Waals surface area (Å²) in [5.74, 6) is -0.203. The summed E-state index contributed by atoms with van der Waals surface area (Å²) in [6, 6.07) is 6.55. The lowest BCUT2D eigenvalue weighted by molar-refractivity contribution is 0.188. The molecule has 2 nitrogen and oxygen atoms in total. The first kappa shape index (κ1) is 13.1. The van der Waals surface area contributed by atoms with Crippen molar-refractivity contribution in [2.45, 2.75) is 26.3 Å². The number of rotatable bonds is 7. The molecule has 16 heavy (non-hydrogen) atoms. The molecule has 0 aliphatic heterocycles. The van der Waals surface area contributed by atoms with Gasteiger partial charge in [-0.3, -0.25) is 4.90 Å². The van der Waals surface area contributed by atoms with Crippen molar-refractivity contribution in [2.24, 2.45) is 0 Å². The molecule has 0 radical (unpaired) electrons. The van der Waals surface area contributed by atoms with Gasteiger partial charge in [0.25, 0.3) is 0 Å². The summed E-state index contributed by atoms with van der Waals surface area (Å²) in [4.78, 5) is 2.19. The van der Waals surface area contributed by atoms with E-state index in [9.17, 15) is 4.39 Å². The molecule has 1 rings (SSSR count). The Kier molecular flexibility index (Phi) is 6.04. The van der Waals surface area contributed by atoms with Crippen LogP contribution in [0.2, 0.25) is 0 Å². The number of aliphatic hydroxyl groups excluding tert-OH is 1. The third kappa shape index (κ3) is 4.73. The Morgan fingerprint density at radius 1 is 1.19 bits per heavy atom. The van der Waals surface area contributed by atoms with Crippen LogP contribution in [0.15, 0.2) is 24.3 Å². The summed E-state index contributed by atoms with van der Waals surface area (Å²) in [6.45, 7) is 4.76. The average Bonchev–Trinajstić information content (AvgIpc) is 2.29. The number of unbranched alkanes of at least 4 members (excludes halogenated alkanes) is 1. The van der Waals surface area contributed by atoms with Gasteiger partial charge in [-0.05, 0) is 30.7 Å². The van der Waals surface area contributed by atoms with Crippen LogP contribution in [-0.2, 0) is 6.54 Å². The lowest BCUT2D eigenvalue weighted by Crippen LogP contribution is -2.27. The van der Waals surface area contributed by atoms with E-state index in [1.54, 1.807) is 12.1 Å². The second-order valence-corrected chi connectivity index (χ2v) is 3.98. The van der Waals surface area contributed by atoms with Crippen LogP contribution in [0.5, 0.6) is 0 Å². The fourth-order valence-electron chi connectivity index (χ4n) is 1.64. The van der Waals surface area contributed by atoms with Crippen LogP contribution in [0.1, 0.15) is 25.3 Å². The minimum Gasteiger partial charge on any atom is -0.395 e. The van der Waals surface area contributed by atoms with Crippen molar-refractivity contribution in [2.75, 3.05) is 19.7 Å². The molecule has 1 aromatic rings. The van der Waals surface area contributed by atoms with Crippen molar-refractivity contribution in [1.82, 2.24) is 4.90 Å². The van der Waals surface area contributed by atoms with Crippen LogP contribution < -0.4 is 0 Å². The molecule has 0 atom stereocenters. The molecule has 0 aliphatic rings. The van der Waals surface area contributed by atoms with Crippen LogP contribution in [0.25, 0.3) is 0 Å². The highest BCUT2D eigenvalue weighted by Gasteiger charge is 2.04. The smallest absolute Gasteiger partial charge is 0.123 e. The van der Waals surface area contributed by atoms with Gasteiger partial charge in [0.05, 0.1) is 6.61 Å².